The zero-order valence-electron chi connectivity index (χ0n) is 12.7. The van der Waals surface area contributed by atoms with E-state index in [9.17, 15) is 4.79 Å². The molecular formula is C16H20N4O2. The molecule has 2 amide bonds. The first-order chi connectivity index (χ1) is 10.7. The number of urea groups is 1. The molecule has 22 heavy (non-hydrogen) atoms. The van der Waals surface area contributed by atoms with Gasteiger partial charge in [-0.15, -0.1) is 5.10 Å². The SMILES string of the molecule is COc1cccc(-n2ccc(NC(=O)N[C@@H](C)C3CC3)n2)c1. The van der Waals surface area contributed by atoms with Crippen LogP contribution in [0.4, 0.5) is 10.6 Å². The number of aromatic nitrogens is 2. The van der Waals surface area contributed by atoms with Gasteiger partial charge in [-0.2, -0.15) is 0 Å². The summed E-state index contributed by atoms with van der Waals surface area (Å²) in [6.45, 7) is 2.03. The summed E-state index contributed by atoms with van der Waals surface area (Å²) in [6, 6.07) is 9.34. The second kappa shape index (κ2) is 6.09. The van der Waals surface area contributed by atoms with E-state index in [0.29, 0.717) is 11.7 Å². The molecule has 1 aromatic heterocycles. The fourth-order valence-electron chi connectivity index (χ4n) is 2.36. The third kappa shape index (κ3) is 3.39. The van der Waals surface area contributed by atoms with Crippen molar-refractivity contribution in [2.45, 2.75) is 25.8 Å². The molecule has 1 aromatic carbocycles. The summed E-state index contributed by atoms with van der Waals surface area (Å²) in [5.74, 6) is 1.90. The van der Waals surface area contributed by atoms with E-state index in [2.05, 4.69) is 15.7 Å². The molecule has 1 fully saturated rings. The van der Waals surface area contributed by atoms with Crippen molar-refractivity contribution in [3.05, 3.63) is 36.5 Å². The van der Waals surface area contributed by atoms with Crippen molar-refractivity contribution in [2.75, 3.05) is 12.4 Å². The smallest absolute Gasteiger partial charge is 0.320 e. The minimum absolute atomic E-state index is 0.209. The summed E-state index contributed by atoms with van der Waals surface area (Å²) in [5, 5.41) is 10.1. The Balaban J connectivity index is 1.64. The quantitative estimate of drug-likeness (QED) is 0.892. The number of anilines is 1. The molecule has 0 spiro atoms. The van der Waals surface area contributed by atoms with E-state index in [1.807, 2.05) is 31.2 Å². The highest BCUT2D eigenvalue weighted by Crippen LogP contribution is 2.32. The number of carbonyl (C=O) groups excluding carboxylic acids is 1. The van der Waals surface area contributed by atoms with Crippen molar-refractivity contribution < 1.29 is 9.53 Å². The molecule has 0 aliphatic heterocycles. The van der Waals surface area contributed by atoms with Crippen LogP contribution >= 0.6 is 0 Å². The highest BCUT2D eigenvalue weighted by Gasteiger charge is 2.28. The molecule has 1 heterocycles. The number of benzene rings is 1. The summed E-state index contributed by atoms with van der Waals surface area (Å²) in [6.07, 6.45) is 4.20. The second-order valence-electron chi connectivity index (χ2n) is 5.57. The van der Waals surface area contributed by atoms with E-state index >= 15 is 0 Å². The Morgan fingerprint density at radius 2 is 2.23 bits per heavy atom. The van der Waals surface area contributed by atoms with Gasteiger partial charge in [-0.25, -0.2) is 9.48 Å². The Morgan fingerprint density at radius 3 is 2.95 bits per heavy atom. The lowest BCUT2D eigenvalue weighted by Gasteiger charge is -2.12. The largest absolute Gasteiger partial charge is 0.497 e. The molecule has 1 atom stereocenters. The topological polar surface area (TPSA) is 68.2 Å². The highest BCUT2D eigenvalue weighted by atomic mass is 16.5. The summed E-state index contributed by atoms with van der Waals surface area (Å²) in [4.78, 5) is 11.9. The van der Waals surface area contributed by atoms with Gasteiger partial charge in [0, 0.05) is 24.4 Å². The molecule has 6 heteroatoms. The molecule has 2 N–H and O–H groups in total. The molecule has 0 radical (unpaired) electrons. The zero-order valence-corrected chi connectivity index (χ0v) is 12.7. The van der Waals surface area contributed by atoms with Gasteiger partial charge >= 0.3 is 6.03 Å². The van der Waals surface area contributed by atoms with Gasteiger partial charge in [0.15, 0.2) is 5.82 Å². The average Bonchev–Trinajstić information content (AvgIpc) is 3.28. The van der Waals surface area contributed by atoms with E-state index in [0.717, 1.165) is 11.4 Å². The highest BCUT2D eigenvalue weighted by molar-refractivity contribution is 5.88. The van der Waals surface area contributed by atoms with Crippen LogP contribution < -0.4 is 15.4 Å². The summed E-state index contributed by atoms with van der Waals surface area (Å²) < 4.78 is 6.90. The van der Waals surface area contributed by atoms with Crippen LogP contribution in [-0.2, 0) is 0 Å². The molecule has 1 aliphatic carbocycles. The number of nitrogens with zero attached hydrogens (tertiary/aromatic N) is 2. The van der Waals surface area contributed by atoms with Gasteiger partial charge in [-0.05, 0) is 37.8 Å². The van der Waals surface area contributed by atoms with E-state index in [1.165, 1.54) is 12.8 Å². The van der Waals surface area contributed by atoms with Crippen molar-refractivity contribution in [1.82, 2.24) is 15.1 Å². The van der Waals surface area contributed by atoms with Crippen LogP contribution in [0.3, 0.4) is 0 Å². The van der Waals surface area contributed by atoms with Crippen molar-refractivity contribution in [3.63, 3.8) is 0 Å². The minimum atomic E-state index is -0.213. The Bertz CT molecular complexity index is 664. The number of carbonyl (C=O) groups is 1. The van der Waals surface area contributed by atoms with E-state index in [-0.39, 0.29) is 12.1 Å². The molecular weight excluding hydrogens is 280 g/mol. The first kappa shape index (κ1) is 14.4. The summed E-state index contributed by atoms with van der Waals surface area (Å²) >= 11 is 0. The molecule has 0 saturated heterocycles. The zero-order chi connectivity index (χ0) is 15.5. The summed E-state index contributed by atoms with van der Waals surface area (Å²) in [5.41, 5.74) is 0.874. The maximum atomic E-state index is 11.9. The van der Waals surface area contributed by atoms with E-state index in [1.54, 1.807) is 24.1 Å². The molecule has 0 bridgehead atoms. The maximum absolute atomic E-state index is 11.9. The van der Waals surface area contributed by atoms with E-state index < -0.39 is 0 Å². The molecule has 1 aliphatic rings. The second-order valence-corrected chi connectivity index (χ2v) is 5.57. The predicted octanol–water partition coefficient (Wildman–Crippen LogP) is 2.80. The van der Waals surface area contributed by atoms with Gasteiger partial charge in [0.1, 0.15) is 5.75 Å². The van der Waals surface area contributed by atoms with Gasteiger partial charge < -0.3 is 10.1 Å². The van der Waals surface area contributed by atoms with Gasteiger partial charge in [-0.3, -0.25) is 5.32 Å². The standard InChI is InChI=1S/C16H20N4O2/c1-11(12-6-7-12)17-16(21)18-15-8-9-20(19-15)13-4-3-5-14(10-13)22-2/h3-5,8-12H,6-7H2,1-2H3,(H2,17,18,19,21)/t11-/m0/s1. The molecule has 3 rings (SSSR count). The van der Waals surface area contributed by atoms with Crippen molar-refractivity contribution in [2.24, 2.45) is 5.92 Å². The van der Waals surface area contributed by atoms with Gasteiger partial charge in [0.05, 0.1) is 12.8 Å². The van der Waals surface area contributed by atoms with Crippen molar-refractivity contribution >= 4 is 11.8 Å². The number of ether oxygens (including phenoxy) is 1. The third-order valence-corrected chi connectivity index (χ3v) is 3.84. The number of hydrogen-bond acceptors (Lipinski definition) is 3. The molecule has 0 unspecified atom stereocenters. The Morgan fingerprint density at radius 1 is 1.41 bits per heavy atom. The number of nitrogens with one attached hydrogen (secondary N) is 2. The van der Waals surface area contributed by atoms with Crippen LogP contribution in [0, 0.1) is 5.92 Å². The fraction of sp³-hybridized carbons (Fsp3) is 0.375. The number of amides is 2. The molecule has 2 aromatic rings. The lowest BCUT2D eigenvalue weighted by atomic mass is 10.2. The van der Waals surface area contributed by atoms with Crippen LogP contribution in [0.25, 0.3) is 5.69 Å². The Labute approximate surface area is 129 Å². The molecule has 116 valence electrons. The fourth-order valence-corrected chi connectivity index (χ4v) is 2.36. The van der Waals surface area contributed by atoms with Crippen molar-refractivity contribution in [3.8, 4) is 11.4 Å². The lowest BCUT2D eigenvalue weighted by Crippen LogP contribution is -2.37. The summed E-state index contributed by atoms with van der Waals surface area (Å²) in [7, 11) is 1.63. The van der Waals surface area contributed by atoms with Crippen LogP contribution in [0.1, 0.15) is 19.8 Å². The Hall–Kier alpha value is -2.50. The normalized spacial score (nSPS) is 15.2. The first-order valence-electron chi connectivity index (χ1n) is 7.43. The van der Waals surface area contributed by atoms with Gasteiger partial charge in [0.2, 0.25) is 0 Å². The first-order valence-corrected chi connectivity index (χ1v) is 7.43. The van der Waals surface area contributed by atoms with Crippen molar-refractivity contribution in [1.29, 1.82) is 0 Å². The molecule has 6 nitrogen and oxygen atoms in total. The van der Waals surface area contributed by atoms with Gasteiger partial charge in [-0.1, -0.05) is 6.07 Å². The van der Waals surface area contributed by atoms with Gasteiger partial charge in [0.25, 0.3) is 0 Å². The molecule has 1 saturated carbocycles. The van der Waals surface area contributed by atoms with Crippen LogP contribution in [-0.4, -0.2) is 29.0 Å². The monoisotopic (exact) mass is 300 g/mol. The average molecular weight is 300 g/mol. The predicted molar refractivity (Wildman–Crippen MR) is 84.5 cm³/mol. The third-order valence-electron chi connectivity index (χ3n) is 3.84. The van der Waals surface area contributed by atoms with Crippen LogP contribution in [0.15, 0.2) is 36.5 Å². The number of rotatable bonds is 5. The number of methoxy groups -OCH3 is 1. The van der Waals surface area contributed by atoms with Crippen LogP contribution in [0.2, 0.25) is 0 Å². The minimum Gasteiger partial charge on any atom is -0.497 e. The lowest BCUT2D eigenvalue weighted by molar-refractivity contribution is 0.248. The van der Waals surface area contributed by atoms with E-state index in [4.69, 9.17) is 4.74 Å². The number of hydrogen-bond donors (Lipinski definition) is 2. The maximum Gasteiger partial charge on any atom is 0.320 e. The Kier molecular flexibility index (Phi) is 4.00. The van der Waals surface area contributed by atoms with Crippen LogP contribution in [0.5, 0.6) is 5.75 Å².